The molecule has 1 heterocycles. The Bertz CT molecular complexity index is 638. The molecule has 0 saturated carbocycles. The van der Waals surface area contributed by atoms with E-state index in [1.165, 1.54) is 24.0 Å². The first-order valence-electron chi connectivity index (χ1n) is 7.28. The summed E-state index contributed by atoms with van der Waals surface area (Å²) in [5, 5.41) is 7.54. The zero-order chi connectivity index (χ0) is 16.7. The van der Waals surface area contributed by atoms with E-state index in [-0.39, 0.29) is 24.5 Å². The largest absolute Gasteiger partial charge is 0.469 e. The third-order valence-corrected chi connectivity index (χ3v) is 4.35. The fraction of sp³-hybridized carbons (Fsp3) is 0.294. The lowest BCUT2D eigenvalue weighted by Crippen LogP contribution is -2.38. The van der Waals surface area contributed by atoms with Crippen molar-refractivity contribution in [3.8, 4) is 0 Å². The van der Waals surface area contributed by atoms with Crippen molar-refractivity contribution in [2.24, 2.45) is 0 Å². The fourth-order valence-corrected chi connectivity index (χ4v) is 2.84. The maximum Gasteiger partial charge on any atom is 0.315 e. The van der Waals surface area contributed by atoms with Crippen LogP contribution in [-0.2, 0) is 16.1 Å². The molecule has 2 N–H and O–H groups in total. The van der Waals surface area contributed by atoms with Gasteiger partial charge in [0.25, 0.3) is 0 Å². The number of hydrogen-bond donors (Lipinski definition) is 2. The Kier molecular flexibility index (Phi) is 6.17. The van der Waals surface area contributed by atoms with Crippen LogP contribution in [0.5, 0.6) is 0 Å². The van der Waals surface area contributed by atoms with Crippen molar-refractivity contribution in [3.63, 3.8) is 0 Å². The van der Waals surface area contributed by atoms with E-state index in [1.807, 2.05) is 48.7 Å². The second-order valence-electron chi connectivity index (χ2n) is 5.16. The van der Waals surface area contributed by atoms with Gasteiger partial charge in [-0.3, -0.25) is 4.79 Å². The molecular weight excluding hydrogens is 312 g/mol. The number of benzene rings is 1. The lowest BCUT2D eigenvalue weighted by atomic mass is 10.1. The molecular formula is C17H20N2O3S. The second-order valence-corrected chi connectivity index (χ2v) is 6.14. The molecule has 0 aliphatic heterocycles. The van der Waals surface area contributed by atoms with Gasteiger partial charge in [-0.2, -0.15) is 0 Å². The summed E-state index contributed by atoms with van der Waals surface area (Å²) < 4.78 is 4.69. The van der Waals surface area contributed by atoms with E-state index in [9.17, 15) is 9.59 Å². The Morgan fingerprint density at radius 1 is 1.22 bits per heavy atom. The van der Waals surface area contributed by atoms with Crippen molar-refractivity contribution in [1.82, 2.24) is 10.6 Å². The number of aryl methyl sites for hydroxylation is 1. The van der Waals surface area contributed by atoms with Gasteiger partial charge in [0.1, 0.15) is 0 Å². The standard InChI is InChI=1S/C17H20N2O3S/c1-12-5-7-13(8-6-12)11-18-17(21)19-14(10-16(20)22-2)15-4-3-9-23-15/h3-9,14H,10-11H2,1-2H3,(H2,18,19,21)/t14-/m0/s1. The molecule has 6 heteroatoms. The monoisotopic (exact) mass is 332 g/mol. The number of ether oxygens (including phenoxy) is 1. The summed E-state index contributed by atoms with van der Waals surface area (Å²) in [4.78, 5) is 24.5. The first-order valence-corrected chi connectivity index (χ1v) is 8.16. The minimum atomic E-state index is -0.388. The molecule has 2 rings (SSSR count). The highest BCUT2D eigenvalue weighted by molar-refractivity contribution is 7.10. The molecule has 122 valence electrons. The lowest BCUT2D eigenvalue weighted by Gasteiger charge is -2.17. The van der Waals surface area contributed by atoms with E-state index >= 15 is 0 Å². The van der Waals surface area contributed by atoms with Crippen molar-refractivity contribution < 1.29 is 14.3 Å². The number of carbonyl (C=O) groups excluding carboxylic acids is 2. The Morgan fingerprint density at radius 3 is 2.57 bits per heavy atom. The Labute approximate surface area is 139 Å². The normalized spacial score (nSPS) is 11.6. The lowest BCUT2D eigenvalue weighted by molar-refractivity contribution is -0.141. The maximum atomic E-state index is 12.1. The Hall–Kier alpha value is -2.34. The van der Waals surface area contributed by atoms with Gasteiger partial charge in [0.05, 0.1) is 19.6 Å². The summed E-state index contributed by atoms with van der Waals surface area (Å²) in [5.41, 5.74) is 2.19. The fourth-order valence-electron chi connectivity index (χ4n) is 2.06. The average Bonchev–Trinajstić information content (AvgIpc) is 3.08. The molecule has 23 heavy (non-hydrogen) atoms. The number of esters is 1. The molecule has 0 aliphatic rings. The number of hydrogen-bond acceptors (Lipinski definition) is 4. The average molecular weight is 332 g/mol. The molecule has 1 aromatic heterocycles. The van der Waals surface area contributed by atoms with Gasteiger partial charge in [0.2, 0.25) is 0 Å². The highest BCUT2D eigenvalue weighted by atomic mass is 32.1. The third kappa shape index (κ3) is 5.41. The molecule has 2 aromatic rings. The first kappa shape index (κ1) is 17.0. The number of carbonyl (C=O) groups is 2. The zero-order valence-corrected chi connectivity index (χ0v) is 14.0. The summed E-state index contributed by atoms with van der Waals surface area (Å²) in [6.07, 6.45) is 0.106. The predicted molar refractivity (Wildman–Crippen MR) is 90.2 cm³/mol. The van der Waals surface area contributed by atoms with Crippen molar-refractivity contribution >= 4 is 23.3 Å². The molecule has 1 atom stereocenters. The summed E-state index contributed by atoms with van der Waals surface area (Å²) in [5.74, 6) is -0.359. The third-order valence-electron chi connectivity index (χ3n) is 3.36. The van der Waals surface area contributed by atoms with Crippen LogP contribution >= 0.6 is 11.3 Å². The van der Waals surface area contributed by atoms with Gasteiger partial charge in [-0.15, -0.1) is 11.3 Å². The topological polar surface area (TPSA) is 67.4 Å². The molecule has 0 aliphatic carbocycles. The molecule has 5 nitrogen and oxygen atoms in total. The van der Waals surface area contributed by atoms with Crippen molar-refractivity contribution in [2.45, 2.75) is 25.9 Å². The molecule has 0 spiro atoms. The highest BCUT2D eigenvalue weighted by Gasteiger charge is 2.19. The number of urea groups is 1. The summed E-state index contributed by atoms with van der Waals surface area (Å²) in [7, 11) is 1.34. The predicted octanol–water partition coefficient (Wildman–Crippen LogP) is 3.16. The van der Waals surface area contributed by atoms with Crippen LogP contribution in [0.1, 0.15) is 28.5 Å². The number of nitrogens with one attached hydrogen (secondary N) is 2. The van der Waals surface area contributed by atoms with Gasteiger partial charge in [-0.05, 0) is 23.9 Å². The molecule has 0 saturated heterocycles. The van der Waals surface area contributed by atoms with Crippen LogP contribution in [0.2, 0.25) is 0 Å². The van der Waals surface area contributed by atoms with Gasteiger partial charge in [0.15, 0.2) is 0 Å². The van der Waals surface area contributed by atoms with Crippen LogP contribution in [0, 0.1) is 6.92 Å². The van der Waals surface area contributed by atoms with Crippen LogP contribution < -0.4 is 10.6 Å². The molecule has 2 amide bonds. The van der Waals surface area contributed by atoms with Crippen LogP contribution in [0.4, 0.5) is 4.79 Å². The van der Waals surface area contributed by atoms with E-state index < -0.39 is 0 Å². The number of rotatable bonds is 6. The van der Waals surface area contributed by atoms with Gasteiger partial charge in [-0.1, -0.05) is 35.9 Å². The number of methoxy groups -OCH3 is 1. The summed E-state index contributed by atoms with van der Waals surface area (Å²) in [6.45, 7) is 2.45. The highest BCUT2D eigenvalue weighted by Crippen LogP contribution is 2.22. The van der Waals surface area contributed by atoms with Crippen molar-refractivity contribution in [2.75, 3.05) is 7.11 Å². The first-order chi connectivity index (χ1) is 11.1. The SMILES string of the molecule is COC(=O)C[C@H](NC(=O)NCc1ccc(C)cc1)c1cccs1. The van der Waals surface area contributed by atoms with Gasteiger partial charge in [-0.25, -0.2) is 4.79 Å². The quantitative estimate of drug-likeness (QED) is 0.799. The molecule has 0 unspecified atom stereocenters. The molecule has 0 bridgehead atoms. The smallest absolute Gasteiger partial charge is 0.315 e. The van der Waals surface area contributed by atoms with Crippen LogP contribution in [0.25, 0.3) is 0 Å². The van der Waals surface area contributed by atoms with Crippen LogP contribution in [0.15, 0.2) is 41.8 Å². The summed E-state index contributed by atoms with van der Waals surface area (Å²) >= 11 is 1.49. The second kappa shape index (κ2) is 8.33. The number of thiophene rings is 1. The van der Waals surface area contributed by atoms with Gasteiger partial charge < -0.3 is 15.4 Å². The van der Waals surface area contributed by atoms with Crippen LogP contribution in [-0.4, -0.2) is 19.1 Å². The molecule has 0 radical (unpaired) electrons. The molecule has 0 fully saturated rings. The minimum absolute atomic E-state index is 0.106. The minimum Gasteiger partial charge on any atom is -0.469 e. The van der Waals surface area contributed by atoms with Gasteiger partial charge >= 0.3 is 12.0 Å². The number of amides is 2. The molecule has 1 aromatic carbocycles. The van der Waals surface area contributed by atoms with E-state index in [4.69, 9.17) is 4.74 Å². The van der Waals surface area contributed by atoms with Crippen molar-refractivity contribution in [1.29, 1.82) is 0 Å². The zero-order valence-electron chi connectivity index (χ0n) is 13.2. The van der Waals surface area contributed by atoms with E-state index in [0.717, 1.165) is 10.4 Å². The maximum absolute atomic E-state index is 12.1. The Morgan fingerprint density at radius 2 is 1.96 bits per heavy atom. The van der Waals surface area contributed by atoms with Gasteiger partial charge in [0, 0.05) is 11.4 Å². The van der Waals surface area contributed by atoms with E-state index in [1.54, 1.807) is 0 Å². The van der Waals surface area contributed by atoms with E-state index in [2.05, 4.69) is 10.6 Å². The Balaban J connectivity index is 1.91. The van der Waals surface area contributed by atoms with E-state index in [0.29, 0.717) is 6.54 Å². The summed E-state index contributed by atoms with van der Waals surface area (Å²) in [6, 6.07) is 11.0. The van der Waals surface area contributed by atoms with Crippen molar-refractivity contribution in [3.05, 3.63) is 57.8 Å². The van der Waals surface area contributed by atoms with Crippen LogP contribution in [0.3, 0.4) is 0 Å².